The van der Waals surface area contributed by atoms with E-state index >= 15 is 0 Å². The number of benzene rings is 1. The zero-order valence-corrected chi connectivity index (χ0v) is 10.1. The van der Waals surface area contributed by atoms with Crippen LogP contribution in [-0.2, 0) is 16.7 Å². The molecule has 0 spiro atoms. The second-order valence-electron chi connectivity index (χ2n) is 3.90. The van der Waals surface area contributed by atoms with Crippen LogP contribution in [0.15, 0.2) is 30.4 Å². The quantitative estimate of drug-likeness (QED) is 0.688. The van der Waals surface area contributed by atoms with Gasteiger partial charge in [0.15, 0.2) is 0 Å². The zero-order chi connectivity index (χ0) is 11.7. The van der Waals surface area contributed by atoms with Crippen molar-refractivity contribution in [2.45, 2.75) is 6.42 Å². The van der Waals surface area contributed by atoms with Gasteiger partial charge in [-0.1, -0.05) is 18.2 Å². The van der Waals surface area contributed by atoms with E-state index in [1.54, 1.807) is 6.08 Å². The van der Waals surface area contributed by atoms with Gasteiger partial charge < -0.3 is 4.90 Å². The first kappa shape index (κ1) is 11.0. The third-order valence-electron chi connectivity index (χ3n) is 2.67. The van der Waals surface area contributed by atoms with Gasteiger partial charge in [-0.2, -0.15) is 8.42 Å². The summed E-state index contributed by atoms with van der Waals surface area (Å²) in [5.41, 5.74) is 2.97. The lowest BCUT2D eigenvalue weighted by Gasteiger charge is -2.21. The van der Waals surface area contributed by atoms with Gasteiger partial charge in [0.2, 0.25) is 10.3 Å². The Morgan fingerprint density at radius 1 is 1.25 bits per heavy atom. The number of hydrogen-bond donors (Lipinski definition) is 0. The molecule has 0 unspecified atom stereocenters. The van der Waals surface area contributed by atoms with Gasteiger partial charge in [-0.05, 0) is 24.1 Å². The Balaban J connectivity index is 2.74. The molecule has 1 aromatic rings. The highest BCUT2D eigenvalue weighted by Crippen LogP contribution is 2.26. The largest absolute Gasteiger partial charge is 0.377 e. The molecule has 3 nitrogen and oxygen atoms in total. The molecule has 2 rings (SSSR count). The van der Waals surface area contributed by atoms with E-state index in [2.05, 4.69) is 0 Å². The van der Waals surface area contributed by atoms with Gasteiger partial charge in [-0.15, -0.1) is 0 Å². The molecule has 0 aliphatic heterocycles. The van der Waals surface area contributed by atoms with Crippen molar-refractivity contribution in [3.05, 3.63) is 41.5 Å². The van der Waals surface area contributed by atoms with E-state index in [1.807, 2.05) is 43.3 Å². The van der Waals surface area contributed by atoms with Crippen molar-refractivity contribution in [2.75, 3.05) is 19.0 Å². The van der Waals surface area contributed by atoms with Crippen LogP contribution in [-0.4, -0.2) is 27.4 Å². The average molecular weight is 235 g/mol. The molecular formula is C12H13NO2S. The van der Waals surface area contributed by atoms with Crippen LogP contribution in [0.25, 0.3) is 0 Å². The van der Waals surface area contributed by atoms with E-state index in [4.69, 9.17) is 0 Å². The lowest BCUT2D eigenvalue weighted by molar-refractivity contribution is 0.627. The summed E-state index contributed by atoms with van der Waals surface area (Å²) >= 11 is 0. The fraction of sp³-hybridized carbons (Fsp3) is 0.250. The van der Waals surface area contributed by atoms with Crippen molar-refractivity contribution in [1.82, 2.24) is 0 Å². The maximum atomic E-state index is 11.1. The van der Waals surface area contributed by atoms with E-state index in [9.17, 15) is 8.42 Å². The third kappa shape index (κ3) is 1.76. The minimum absolute atomic E-state index is 0.380. The van der Waals surface area contributed by atoms with Gasteiger partial charge in [-0.25, -0.2) is 0 Å². The highest BCUT2D eigenvalue weighted by Gasteiger charge is 2.16. The average Bonchev–Trinajstić information content (AvgIpc) is 2.27. The molecule has 1 aromatic carbocycles. The fourth-order valence-electron chi connectivity index (χ4n) is 1.96. The highest BCUT2D eigenvalue weighted by atomic mass is 32.2. The van der Waals surface area contributed by atoms with Crippen molar-refractivity contribution in [1.29, 1.82) is 0 Å². The SMILES string of the molecule is CN(C)c1cccc2c1CC=CC2=S(=O)=O. The number of rotatable bonds is 1. The minimum Gasteiger partial charge on any atom is -0.377 e. The first-order chi connectivity index (χ1) is 7.61. The molecule has 0 atom stereocenters. The molecule has 84 valence electrons. The van der Waals surface area contributed by atoms with E-state index < -0.39 is 10.3 Å². The van der Waals surface area contributed by atoms with Crippen LogP contribution in [0.4, 0.5) is 5.69 Å². The molecule has 1 aliphatic carbocycles. The van der Waals surface area contributed by atoms with Crippen molar-refractivity contribution in [3.8, 4) is 0 Å². The van der Waals surface area contributed by atoms with E-state index in [1.165, 1.54) is 0 Å². The summed E-state index contributed by atoms with van der Waals surface area (Å²) in [6.45, 7) is 0. The molecule has 0 saturated heterocycles. The molecule has 0 amide bonds. The minimum atomic E-state index is -2.17. The van der Waals surface area contributed by atoms with Gasteiger partial charge >= 0.3 is 0 Å². The Kier molecular flexibility index (Phi) is 2.83. The second kappa shape index (κ2) is 4.14. The van der Waals surface area contributed by atoms with Gasteiger partial charge in [0.1, 0.15) is 4.86 Å². The van der Waals surface area contributed by atoms with E-state index in [-0.39, 0.29) is 0 Å². The number of anilines is 1. The first-order valence-corrected chi connectivity index (χ1v) is 6.11. The predicted octanol–water partition coefficient (Wildman–Crippen LogP) is 1.26. The standard InChI is InChI=1S/C12H13NO2S/c1-13(2)11-7-3-6-10-9(11)5-4-8-12(10)16(14)15/h3-4,6-8H,5H2,1-2H3. The van der Waals surface area contributed by atoms with Crippen molar-refractivity contribution < 1.29 is 8.42 Å². The Bertz CT molecular complexity index is 575. The summed E-state index contributed by atoms with van der Waals surface area (Å²) in [6, 6.07) is 5.75. The Hall–Kier alpha value is -1.55. The number of fused-ring (bicyclic) bond motifs is 1. The smallest absolute Gasteiger partial charge is 0.222 e. The summed E-state index contributed by atoms with van der Waals surface area (Å²) in [5.74, 6) is 0. The van der Waals surface area contributed by atoms with Crippen LogP contribution in [0.3, 0.4) is 0 Å². The lowest BCUT2D eigenvalue weighted by atomic mass is 9.95. The molecule has 0 bridgehead atoms. The molecule has 1 aliphatic rings. The molecule has 0 aromatic heterocycles. The number of allylic oxidation sites excluding steroid dienone is 2. The van der Waals surface area contributed by atoms with E-state index in [0.717, 1.165) is 23.2 Å². The van der Waals surface area contributed by atoms with E-state index in [0.29, 0.717) is 4.86 Å². The number of hydrogen-bond acceptors (Lipinski definition) is 3. The lowest BCUT2D eigenvalue weighted by Crippen LogP contribution is -2.16. The molecule has 0 saturated carbocycles. The van der Waals surface area contributed by atoms with Crippen molar-refractivity contribution in [3.63, 3.8) is 0 Å². The normalized spacial score (nSPS) is 13.5. The molecular weight excluding hydrogens is 222 g/mol. The molecule has 4 heteroatoms. The van der Waals surface area contributed by atoms with Crippen molar-refractivity contribution in [2.24, 2.45) is 0 Å². The molecule has 0 heterocycles. The topological polar surface area (TPSA) is 37.4 Å². The van der Waals surface area contributed by atoms with Gasteiger partial charge in [0.25, 0.3) is 0 Å². The van der Waals surface area contributed by atoms with Crippen molar-refractivity contribution >= 4 is 20.8 Å². The highest BCUT2D eigenvalue weighted by molar-refractivity contribution is 7.73. The summed E-state index contributed by atoms with van der Waals surface area (Å²) in [5, 5.41) is 0. The predicted molar refractivity (Wildman–Crippen MR) is 66.6 cm³/mol. The first-order valence-electron chi connectivity index (χ1n) is 5.03. The molecule has 0 radical (unpaired) electrons. The maximum Gasteiger partial charge on any atom is 0.222 e. The summed E-state index contributed by atoms with van der Waals surface area (Å²) in [7, 11) is 1.75. The summed E-state index contributed by atoms with van der Waals surface area (Å²) < 4.78 is 22.2. The van der Waals surface area contributed by atoms with Gasteiger partial charge in [0, 0.05) is 25.3 Å². The van der Waals surface area contributed by atoms with Crippen LogP contribution in [0.2, 0.25) is 0 Å². The van der Waals surface area contributed by atoms with Crippen LogP contribution < -0.4 is 4.90 Å². The zero-order valence-electron chi connectivity index (χ0n) is 9.27. The fourth-order valence-corrected chi connectivity index (χ4v) is 2.54. The number of nitrogens with zero attached hydrogens (tertiary/aromatic N) is 1. The Labute approximate surface area is 96.5 Å². The second-order valence-corrected chi connectivity index (χ2v) is 4.81. The van der Waals surface area contributed by atoms with Crippen LogP contribution in [0, 0.1) is 0 Å². The summed E-state index contributed by atoms with van der Waals surface area (Å²) in [4.78, 5) is 2.38. The molecule has 0 N–H and O–H groups in total. The van der Waals surface area contributed by atoms with Crippen LogP contribution in [0.5, 0.6) is 0 Å². The monoisotopic (exact) mass is 235 g/mol. The van der Waals surface area contributed by atoms with Crippen LogP contribution in [0.1, 0.15) is 11.1 Å². The van der Waals surface area contributed by atoms with Gasteiger partial charge in [-0.3, -0.25) is 0 Å². The maximum absolute atomic E-state index is 11.1. The Morgan fingerprint density at radius 2 is 2.00 bits per heavy atom. The van der Waals surface area contributed by atoms with Gasteiger partial charge in [0.05, 0.1) is 0 Å². The summed E-state index contributed by atoms with van der Waals surface area (Å²) in [6.07, 6.45) is 4.34. The molecule has 0 fully saturated rings. The Morgan fingerprint density at radius 3 is 2.62 bits per heavy atom. The van der Waals surface area contributed by atoms with Crippen LogP contribution >= 0.6 is 0 Å². The molecule has 16 heavy (non-hydrogen) atoms. The third-order valence-corrected chi connectivity index (χ3v) is 3.38.